The third-order valence-electron chi connectivity index (χ3n) is 6.60. The van der Waals surface area contributed by atoms with Gasteiger partial charge < -0.3 is 30.3 Å². The van der Waals surface area contributed by atoms with Crippen LogP contribution in [0.15, 0.2) is 48.9 Å². The molecule has 0 aliphatic heterocycles. The number of alkyl halides is 3. The number of hydrogen-bond acceptors (Lipinski definition) is 11. The van der Waals surface area contributed by atoms with Gasteiger partial charge in [0.25, 0.3) is 10.9 Å². The maximum Gasteiger partial charge on any atom is 0.421 e. The van der Waals surface area contributed by atoms with Gasteiger partial charge in [-0.2, -0.15) is 23.3 Å². The molecule has 0 radical (unpaired) electrons. The van der Waals surface area contributed by atoms with Crippen molar-refractivity contribution < 1.29 is 36.9 Å². The molecule has 0 aliphatic carbocycles. The van der Waals surface area contributed by atoms with Gasteiger partial charge in [-0.25, -0.2) is 9.97 Å². The van der Waals surface area contributed by atoms with E-state index >= 15 is 0 Å². The summed E-state index contributed by atoms with van der Waals surface area (Å²) in [6, 6.07) is 7.87. The number of halogens is 4. The van der Waals surface area contributed by atoms with Crippen molar-refractivity contribution in [2.45, 2.75) is 45.3 Å². The van der Waals surface area contributed by atoms with Crippen LogP contribution < -0.4 is 20.7 Å². The number of methoxy groups -OCH3 is 1. The van der Waals surface area contributed by atoms with E-state index in [4.69, 9.17) is 9.26 Å². The Bertz CT molecular complexity index is 1770. The van der Waals surface area contributed by atoms with Crippen LogP contribution in [0.5, 0.6) is 5.75 Å². The van der Waals surface area contributed by atoms with Crippen LogP contribution in [0.25, 0.3) is 11.3 Å². The van der Waals surface area contributed by atoms with E-state index in [1.165, 1.54) is 32.5 Å². The Hall–Kier alpha value is -3.80. The summed E-state index contributed by atoms with van der Waals surface area (Å²) >= 11 is 1.79. The molecule has 4 aromatic rings. The molecule has 13 nitrogen and oxygen atoms in total. The first-order valence-corrected chi connectivity index (χ1v) is 18.8. The van der Waals surface area contributed by atoms with Gasteiger partial charge in [0.15, 0.2) is 5.69 Å². The van der Waals surface area contributed by atoms with Crippen molar-refractivity contribution in [3.05, 3.63) is 65.7 Å². The van der Waals surface area contributed by atoms with E-state index in [9.17, 15) is 27.6 Å². The molecule has 252 valence electrons. The third-order valence-corrected chi connectivity index (χ3v) is 9.84. The highest BCUT2D eigenvalue weighted by molar-refractivity contribution is 14.2. The van der Waals surface area contributed by atoms with E-state index in [1.54, 1.807) is 65.0 Å². The molecule has 1 amide bonds. The lowest BCUT2D eigenvalue weighted by atomic mass is 10.1. The molecular formula is C29H33F3IN8O5P. The van der Waals surface area contributed by atoms with Crippen molar-refractivity contribution in [2.75, 3.05) is 31.4 Å². The summed E-state index contributed by atoms with van der Waals surface area (Å²) in [7, 11) is 2.78. The van der Waals surface area contributed by atoms with Crippen LogP contribution in [-0.4, -0.2) is 62.6 Å². The number of carbonyl (C=O) groups excluding carboxylic acids is 1. The normalized spacial score (nSPS) is 13.5. The van der Waals surface area contributed by atoms with Gasteiger partial charge in [-0.05, 0) is 50.1 Å². The number of nitrogens with zero attached hydrogens (tertiary/aromatic N) is 5. The van der Waals surface area contributed by atoms with Gasteiger partial charge in [0.05, 0.1) is 49.2 Å². The Morgan fingerprint density at radius 1 is 1.15 bits per heavy atom. The molecule has 0 bridgehead atoms. The molecule has 0 saturated heterocycles. The first-order valence-electron chi connectivity index (χ1n) is 14.3. The van der Waals surface area contributed by atoms with Crippen molar-refractivity contribution in [2.24, 2.45) is 0 Å². The van der Waals surface area contributed by atoms with Crippen LogP contribution in [0.3, 0.4) is 0 Å². The fourth-order valence-corrected chi connectivity index (χ4v) is 7.46. The molecule has 1 unspecified atom stereocenters. The number of ether oxygens (including phenoxy) is 1. The van der Waals surface area contributed by atoms with Gasteiger partial charge in [-0.3, -0.25) is 14.0 Å². The topological polar surface area (TPSA) is 165 Å². The Balaban J connectivity index is 1.66. The number of aliphatic hydroxyl groups excluding tert-OH is 1. The zero-order chi connectivity index (χ0) is 34.4. The average Bonchev–Trinajstić information content (AvgIpc) is 3.49. The molecule has 0 spiro atoms. The number of aliphatic hydroxyl groups is 1. The fraction of sp³-hybridized carbons (Fsp3) is 0.345. The first-order chi connectivity index (χ1) is 22.2. The maximum absolute atomic E-state index is 14.1. The van der Waals surface area contributed by atoms with Crippen LogP contribution in [0.4, 0.5) is 36.3 Å². The second kappa shape index (κ2) is 15.4. The zero-order valence-corrected chi connectivity index (χ0v) is 28.9. The molecule has 4 rings (SSSR count). The highest BCUT2D eigenvalue weighted by Crippen LogP contribution is 2.58. The standard InChI is InChI=1S/C29H33F3IN8O5P/c1-5-46-47(33,44)16-18-6-7-22(24(12-18)45-4)39-28-35-14-20(29(30,31)32)26(40-28)38-23-9-8-21(37-25(23)27(43)34-3)19-13-36-41(15-19)11-10-17(2)42/h6-9,12-15,17,42H,5,10-11,16H2,1-4H3,(H,34,43)(H2,35,38,39,40)/t17-,47?/m0/s1. The minimum atomic E-state index is -4.84. The molecule has 18 heteroatoms. The minimum Gasteiger partial charge on any atom is -0.495 e. The molecule has 4 N–H and O–H groups in total. The van der Waals surface area contributed by atoms with E-state index in [2.05, 4.69) is 36.0 Å². The number of benzene rings is 1. The Morgan fingerprint density at radius 3 is 2.55 bits per heavy atom. The molecule has 3 aromatic heterocycles. The number of carbonyl (C=O) groups is 1. The monoisotopic (exact) mass is 788 g/mol. The summed E-state index contributed by atoms with van der Waals surface area (Å²) in [6.45, 7) is 4.16. The molecule has 47 heavy (non-hydrogen) atoms. The SMILES string of the molecule is CCOP(=O)(I)Cc1ccc(Nc2ncc(C(F)(F)F)c(Nc3ccc(-c4cnn(CC[C@H](C)O)c4)nc3C(=O)NC)n2)c(OC)c1. The van der Waals surface area contributed by atoms with E-state index < -0.39 is 34.6 Å². The van der Waals surface area contributed by atoms with Crippen LogP contribution >= 0.6 is 27.1 Å². The Labute approximate surface area is 281 Å². The first kappa shape index (κ1) is 36.0. The Morgan fingerprint density at radius 2 is 1.89 bits per heavy atom. The quantitative estimate of drug-likeness (QED) is 0.0810. The van der Waals surface area contributed by atoms with E-state index in [-0.39, 0.29) is 23.5 Å². The van der Waals surface area contributed by atoms with Crippen LogP contribution in [0.2, 0.25) is 0 Å². The summed E-state index contributed by atoms with van der Waals surface area (Å²) in [5, 5.41) is 18.8. The van der Waals surface area contributed by atoms with Crippen molar-refractivity contribution in [1.29, 1.82) is 0 Å². The lowest BCUT2D eigenvalue weighted by molar-refractivity contribution is -0.137. The summed E-state index contributed by atoms with van der Waals surface area (Å²) in [5.41, 5.74) is 0.534. The second-order valence-electron chi connectivity index (χ2n) is 10.2. The number of aryl methyl sites for hydroxylation is 1. The van der Waals surface area contributed by atoms with Crippen LogP contribution in [0, 0.1) is 0 Å². The number of aromatic nitrogens is 5. The lowest BCUT2D eigenvalue weighted by Gasteiger charge is -2.17. The number of nitrogens with one attached hydrogen (secondary N) is 3. The zero-order valence-electron chi connectivity index (χ0n) is 25.8. The predicted octanol–water partition coefficient (Wildman–Crippen LogP) is 6.54. The minimum absolute atomic E-state index is 0.0378. The number of pyridine rings is 1. The number of rotatable bonds is 14. The second-order valence-corrected chi connectivity index (χ2v) is 16.4. The number of amides is 1. The van der Waals surface area contributed by atoms with Crippen molar-refractivity contribution in [3.8, 4) is 17.0 Å². The molecule has 0 saturated carbocycles. The maximum atomic E-state index is 14.1. The van der Waals surface area contributed by atoms with E-state index in [1.807, 2.05) is 0 Å². The molecule has 0 aliphatic rings. The van der Waals surface area contributed by atoms with Gasteiger partial charge in [-0.15, -0.1) is 0 Å². The summed E-state index contributed by atoms with van der Waals surface area (Å²) in [6.07, 6.45) is -0.876. The van der Waals surface area contributed by atoms with Gasteiger partial charge in [-0.1, -0.05) is 6.07 Å². The Kier molecular flexibility index (Phi) is 11.8. The average molecular weight is 789 g/mol. The highest BCUT2D eigenvalue weighted by Gasteiger charge is 2.36. The molecular weight excluding hydrogens is 755 g/mol. The van der Waals surface area contributed by atoms with Crippen molar-refractivity contribution in [1.82, 2.24) is 30.0 Å². The summed E-state index contributed by atoms with van der Waals surface area (Å²) in [4.78, 5) is 25.2. The van der Waals surface area contributed by atoms with E-state index in [0.717, 1.165) is 0 Å². The van der Waals surface area contributed by atoms with Gasteiger partial charge in [0, 0.05) is 53.6 Å². The lowest BCUT2D eigenvalue weighted by Crippen LogP contribution is -2.21. The molecule has 3 heterocycles. The third kappa shape index (κ3) is 9.62. The van der Waals surface area contributed by atoms with E-state index in [0.29, 0.717) is 54.0 Å². The summed E-state index contributed by atoms with van der Waals surface area (Å²) < 4.78 is 67.3. The van der Waals surface area contributed by atoms with Crippen LogP contribution in [0.1, 0.15) is 41.9 Å². The smallest absolute Gasteiger partial charge is 0.421 e. The molecule has 0 fully saturated rings. The number of hydrogen-bond donors (Lipinski definition) is 4. The van der Waals surface area contributed by atoms with Gasteiger partial charge >= 0.3 is 6.18 Å². The van der Waals surface area contributed by atoms with Gasteiger partial charge in [0.1, 0.15) is 17.1 Å². The van der Waals surface area contributed by atoms with Crippen molar-refractivity contribution >= 4 is 56.1 Å². The highest BCUT2D eigenvalue weighted by atomic mass is 127. The van der Waals surface area contributed by atoms with Crippen molar-refractivity contribution in [3.63, 3.8) is 0 Å². The largest absolute Gasteiger partial charge is 0.495 e. The predicted molar refractivity (Wildman–Crippen MR) is 179 cm³/mol. The number of anilines is 4. The molecule has 2 atom stereocenters. The molecule has 1 aromatic carbocycles. The fourth-order valence-electron chi connectivity index (χ4n) is 4.34. The van der Waals surface area contributed by atoms with Crippen LogP contribution in [-0.2, 0) is 28.0 Å². The summed E-state index contributed by atoms with van der Waals surface area (Å²) in [5.74, 6) is -1.17. The van der Waals surface area contributed by atoms with Gasteiger partial charge in [0.2, 0.25) is 5.95 Å².